The molecule has 0 saturated carbocycles. The van der Waals surface area contributed by atoms with Crippen LogP contribution in [0.1, 0.15) is 17.2 Å². The standard InChI is InChI=1S/C14H16N2O/c15-13(9-11-5-4-8-16-10-11)14(17)12-6-2-1-3-7-12/h1-8,10,13-14,17H,9,15H2. The van der Waals surface area contributed by atoms with E-state index in [2.05, 4.69) is 4.98 Å². The molecule has 2 unspecified atom stereocenters. The van der Waals surface area contributed by atoms with E-state index in [-0.39, 0.29) is 6.04 Å². The van der Waals surface area contributed by atoms with Crippen molar-refractivity contribution in [2.24, 2.45) is 5.73 Å². The van der Waals surface area contributed by atoms with Crippen LogP contribution in [0.3, 0.4) is 0 Å². The molecule has 3 heteroatoms. The normalized spacial score (nSPS) is 14.2. The van der Waals surface area contributed by atoms with Crippen molar-refractivity contribution in [1.29, 1.82) is 0 Å². The third kappa shape index (κ3) is 3.12. The van der Waals surface area contributed by atoms with Gasteiger partial charge in [0, 0.05) is 18.4 Å². The smallest absolute Gasteiger partial charge is 0.0944 e. The second kappa shape index (κ2) is 5.57. The number of nitrogens with zero attached hydrogens (tertiary/aromatic N) is 1. The average molecular weight is 228 g/mol. The average Bonchev–Trinajstić information content (AvgIpc) is 2.40. The van der Waals surface area contributed by atoms with Crippen molar-refractivity contribution in [2.45, 2.75) is 18.6 Å². The highest BCUT2D eigenvalue weighted by molar-refractivity contribution is 5.20. The molecule has 1 heterocycles. The van der Waals surface area contributed by atoms with Crippen LogP contribution in [0.4, 0.5) is 0 Å². The molecule has 1 aromatic heterocycles. The van der Waals surface area contributed by atoms with Gasteiger partial charge < -0.3 is 10.8 Å². The number of benzene rings is 1. The van der Waals surface area contributed by atoms with Crippen LogP contribution in [0.15, 0.2) is 54.9 Å². The highest BCUT2D eigenvalue weighted by Crippen LogP contribution is 2.17. The zero-order chi connectivity index (χ0) is 12.1. The lowest BCUT2D eigenvalue weighted by atomic mass is 9.98. The fourth-order valence-electron chi connectivity index (χ4n) is 1.80. The molecule has 2 rings (SSSR count). The Morgan fingerprint density at radius 2 is 1.88 bits per heavy atom. The minimum atomic E-state index is -0.642. The summed E-state index contributed by atoms with van der Waals surface area (Å²) in [6, 6.07) is 13.0. The third-order valence-corrected chi connectivity index (χ3v) is 2.74. The molecule has 0 bridgehead atoms. The van der Waals surface area contributed by atoms with Gasteiger partial charge in [-0.05, 0) is 23.6 Å². The van der Waals surface area contributed by atoms with Crippen LogP contribution in [-0.2, 0) is 6.42 Å². The summed E-state index contributed by atoms with van der Waals surface area (Å²) < 4.78 is 0. The summed E-state index contributed by atoms with van der Waals surface area (Å²) in [5, 5.41) is 10.1. The first-order valence-electron chi connectivity index (χ1n) is 5.65. The van der Waals surface area contributed by atoms with Gasteiger partial charge in [0.25, 0.3) is 0 Å². The molecular weight excluding hydrogens is 212 g/mol. The Hall–Kier alpha value is -1.71. The molecule has 0 radical (unpaired) electrons. The molecule has 0 spiro atoms. The van der Waals surface area contributed by atoms with Gasteiger partial charge in [0.2, 0.25) is 0 Å². The van der Waals surface area contributed by atoms with E-state index in [1.165, 1.54) is 0 Å². The maximum absolute atomic E-state index is 10.1. The fourth-order valence-corrected chi connectivity index (χ4v) is 1.80. The minimum absolute atomic E-state index is 0.318. The van der Waals surface area contributed by atoms with Gasteiger partial charge in [0.05, 0.1) is 6.10 Å². The van der Waals surface area contributed by atoms with Gasteiger partial charge >= 0.3 is 0 Å². The highest BCUT2D eigenvalue weighted by atomic mass is 16.3. The van der Waals surface area contributed by atoms with Gasteiger partial charge in [-0.25, -0.2) is 0 Å². The fraction of sp³-hybridized carbons (Fsp3) is 0.214. The van der Waals surface area contributed by atoms with Crippen molar-refractivity contribution >= 4 is 0 Å². The summed E-state index contributed by atoms with van der Waals surface area (Å²) in [6.45, 7) is 0. The molecule has 17 heavy (non-hydrogen) atoms. The highest BCUT2D eigenvalue weighted by Gasteiger charge is 2.16. The first-order valence-corrected chi connectivity index (χ1v) is 5.65. The van der Waals surface area contributed by atoms with Gasteiger partial charge in [0.1, 0.15) is 0 Å². The number of hydrogen-bond donors (Lipinski definition) is 2. The topological polar surface area (TPSA) is 59.1 Å². The summed E-state index contributed by atoms with van der Waals surface area (Å²) in [5.74, 6) is 0. The van der Waals surface area contributed by atoms with E-state index < -0.39 is 6.10 Å². The molecule has 0 aliphatic heterocycles. The predicted molar refractivity (Wildman–Crippen MR) is 67.3 cm³/mol. The van der Waals surface area contributed by atoms with Gasteiger partial charge in [-0.3, -0.25) is 4.98 Å². The maximum atomic E-state index is 10.1. The van der Waals surface area contributed by atoms with Crippen molar-refractivity contribution in [2.75, 3.05) is 0 Å². The number of aliphatic hydroxyl groups is 1. The Labute approximate surface area is 101 Å². The molecule has 3 nitrogen and oxygen atoms in total. The second-order valence-electron chi connectivity index (χ2n) is 4.08. The lowest BCUT2D eigenvalue weighted by Crippen LogP contribution is -2.30. The molecule has 0 aliphatic carbocycles. The number of aliphatic hydroxyl groups excluding tert-OH is 1. The number of hydrogen-bond acceptors (Lipinski definition) is 3. The summed E-state index contributed by atoms with van der Waals surface area (Å²) in [7, 11) is 0. The molecule has 3 N–H and O–H groups in total. The second-order valence-corrected chi connectivity index (χ2v) is 4.08. The number of rotatable bonds is 4. The van der Waals surface area contributed by atoms with Crippen LogP contribution in [-0.4, -0.2) is 16.1 Å². The molecule has 2 aromatic rings. The van der Waals surface area contributed by atoms with Crippen molar-refractivity contribution in [3.63, 3.8) is 0 Å². The van der Waals surface area contributed by atoms with E-state index >= 15 is 0 Å². The van der Waals surface area contributed by atoms with Crippen LogP contribution >= 0.6 is 0 Å². The van der Waals surface area contributed by atoms with Crippen molar-refractivity contribution in [3.05, 3.63) is 66.0 Å². The van der Waals surface area contributed by atoms with Crippen molar-refractivity contribution in [3.8, 4) is 0 Å². The number of aromatic nitrogens is 1. The Bertz CT molecular complexity index is 444. The number of nitrogens with two attached hydrogens (primary N) is 1. The molecule has 0 aliphatic rings. The van der Waals surface area contributed by atoms with E-state index in [1.54, 1.807) is 12.4 Å². The van der Waals surface area contributed by atoms with E-state index in [4.69, 9.17) is 5.73 Å². The van der Waals surface area contributed by atoms with Gasteiger partial charge in [-0.1, -0.05) is 36.4 Å². The molecule has 0 saturated heterocycles. The Morgan fingerprint density at radius 3 is 2.53 bits per heavy atom. The largest absolute Gasteiger partial charge is 0.387 e. The van der Waals surface area contributed by atoms with E-state index in [0.29, 0.717) is 6.42 Å². The quantitative estimate of drug-likeness (QED) is 0.837. The van der Waals surface area contributed by atoms with E-state index in [9.17, 15) is 5.11 Å². The molecule has 0 amide bonds. The monoisotopic (exact) mass is 228 g/mol. The summed E-state index contributed by atoms with van der Waals surface area (Å²) in [5.41, 5.74) is 7.89. The molecule has 88 valence electrons. The summed E-state index contributed by atoms with van der Waals surface area (Å²) >= 11 is 0. The van der Waals surface area contributed by atoms with Crippen LogP contribution in [0.5, 0.6) is 0 Å². The summed E-state index contributed by atoms with van der Waals surface area (Å²) in [6.07, 6.45) is 3.47. The third-order valence-electron chi connectivity index (χ3n) is 2.74. The van der Waals surface area contributed by atoms with Crippen molar-refractivity contribution in [1.82, 2.24) is 4.98 Å². The minimum Gasteiger partial charge on any atom is -0.387 e. The zero-order valence-corrected chi connectivity index (χ0v) is 9.53. The van der Waals surface area contributed by atoms with Crippen LogP contribution in [0, 0.1) is 0 Å². The Kier molecular flexibility index (Phi) is 3.85. The van der Waals surface area contributed by atoms with Crippen molar-refractivity contribution < 1.29 is 5.11 Å². The maximum Gasteiger partial charge on any atom is 0.0944 e. The van der Waals surface area contributed by atoms with Crippen LogP contribution in [0.25, 0.3) is 0 Å². The van der Waals surface area contributed by atoms with Crippen LogP contribution < -0.4 is 5.73 Å². The van der Waals surface area contributed by atoms with Gasteiger partial charge in [0.15, 0.2) is 0 Å². The first kappa shape index (κ1) is 11.8. The van der Waals surface area contributed by atoms with E-state index in [0.717, 1.165) is 11.1 Å². The molecular formula is C14H16N2O. The number of pyridine rings is 1. The summed E-state index contributed by atoms with van der Waals surface area (Å²) in [4.78, 5) is 4.03. The zero-order valence-electron chi connectivity index (χ0n) is 9.53. The van der Waals surface area contributed by atoms with Gasteiger partial charge in [-0.2, -0.15) is 0 Å². The Morgan fingerprint density at radius 1 is 1.12 bits per heavy atom. The Balaban J connectivity index is 2.03. The lowest BCUT2D eigenvalue weighted by Gasteiger charge is -2.19. The van der Waals surface area contributed by atoms with Gasteiger partial charge in [-0.15, -0.1) is 0 Å². The first-order chi connectivity index (χ1) is 8.27. The van der Waals surface area contributed by atoms with E-state index in [1.807, 2.05) is 42.5 Å². The lowest BCUT2D eigenvalue weighted by molar-refractivity contribution is 0.146. The molecule has 2 atom stereocenters. The van der Waals surface area contributed by atoms with Crippen LogP contribution in [0.2, 0.25) is 0 Å². The molecule has 1 aromatic carbocycles. The molecule has 0 fully saturated rings. The SMILES string of the molecule is NC(Cc1cccnc1)C(O)c1ccccc1. The predicted octanol–water partition coefficient (Wildman–Crippen LogP) is 1.69.